The maximum absolute atomic E-state index is 13.0. The van der Waals surface area contributed by atoms with E-state index >= 15 is 0 Å². The van der Waals surface area contributed by atoms with Crippen LogP contribution in [-0.4, -0.2) is 12.6 Å². The Labute approximate surface area is 110 Å². The lowest BCUT2D eigenvalue weighted by atomic mass is 10.3. The molecule has 2 aromatic rings. The summed E-state index contributed by atoms with van der Waals surface area (Å²) in [6.07, 6.45) is 1.39. The van der Waals surface area contributed by atoms with Gasteiger partial charge in [-0.3, -0.25) is 0 Å². The van der Waals surface area contributed by atoms with Gasteiger partial charge in [-0.05, 0) is 19.1 Å². The Morgan fingerprint density at radius 1 is 1.26 bits per heavy atom. The van der Waals surface area contributed by atoms with Crippen LogP contribution in [0.5, 0.6) is 5.75 Å². The molecular weight excluding hydrogens is 252 g/mol. The van der Waals surface area contributed by atoms with Crippen LogP contribution in [0, 0.1) is 11.6 Å². The van der Waals surface area contributed by atoms with Crippen molar-refractivity contribution >= 4 is 0 Å². The molecule has 0 saturated carbocycles. The van der Waals surface area contributed by atoms with Gasteiger partial charge in [0.1, 0.15) is 29.2 Å². The highest BCUT2D eigenvalue weighted by Crippen LogP contribution is 2.16. The number of ether oxygens (including phenoxy) is 1. The fourth-order valence-electron chi connectivity index (χ4n) is 1.68. The van der Waals surface area contributed by atoms with Gasteiger partial charge in [0.15, 0.2) is 0 Å². The summed E-state index contributed by atoms with van der Waals surface area (Å²) < 4.78 is 36.5. The molecule has 1 atom stereocenters. The minimum atomic E-state index is -0.647. The molecule has 0 fully saturated rings. The standard InChI is InChI=1S/C14H15F2NO2/c1-10(8-17-9-13-3-2-4-18-13)19-14-6-11(15)5-12(16)7-14/h2-7,10,17H,8-9H2,1H3. The van der Waals surface area contributed by atoms with Gasteiger partial charge in [0.05, 0.1) is 12.8 Å². The van der Waals surface area contributed by atoms with Gasteiger partial charge in [0.25, 0.3) is 0 Å². The van der Waals surface area contributed by atoms with E-state index in [2.05, 4.69) is 5.32 Å². The predicted molar refractivity (Wildman–Crippen MR) is 66.9 cm³/mol. The number of hydrogen-bond donors (Lipinski definition) is 1. The van der Waals surface area contributed by atoms with Crippen molar-refractivity contribution in [2.45, 2.75) is 19.6 Å². The molecule has 0 bridgehead atoms. The van der Waals surface area contributed by atoms with Crippen LogP contribution in [0.2, 0.25) is 0 Å². The third kappa shape index (κ3) is 4.37. The molecule has 1 N–H and O–H groups in total. The number of nitrogens with one attached hydrogen (secondary N) is 1. The van der Waals surface area contributed by atoms with Gasteiger partial charge in [-0.15, -0.1) is 0 Å². The Morgan fingerprint density at radius 3 is 2.63 bits per heavy atom. The fraction of sp³-hybridized carbons (Fsp3) is 0.286. The van der Waals surface area contributed by atoms with E-state index in [1.165, 1.54) is 0 Å². The minimum absolute atomic E-state index is 0.185. The van der Waals surface area contributed by atoms with Crippen molar-refractivity contribution in [3.05, 3.63) is 54.0 Å². The van der Waals surface area contributed by atoms with Crippen molar-refractivity contribution in [3.63, 3.8) is 0 Å². The van der Waals surface area contributed by atoms with Crippen molar-refractivity contribution in [3.8, 4) is 5.75 Å². The van der Waals surface area contributed by atoms with Crippen molar-refractivity contribution in [2.24, 2.45) is 0 Å². The van der Waals surface area contributed by atoms with Crippen LogP contribution in [0.25, 0.3) is 0 Å². The van der Waals surface area contributed by atoms with Crippen LogP contribution in [0.1, 0.15) is 12.7 Å². The summed E-state index contributed by atoms with van der Waals surface area (Å²) in [6, 6.07) is 6.80. The topological polar surface area (TPSA) is 34.4 Å². The van der Waals surface area contributed by atoms with Crippen molar-refractivity contribution in [1.29, 1.82) is 0 Å². The van der Waals surface area contributed by atoms with Crippen LogP contribution in [0.15, 0.2) is 41.0 Å². The Morgan fingerprint density at radius 2 is 2.00 bits per heavy atom. The number of halogens is 2. The lowest BCUT2D eigenvalue weighted by Gasteiger charge is -2.15. The lowest BCUT2D eigenvalue weighted by molar-refractivity contribution is 0.214. The van der Waals surface area contributed by atoms with E-state index < -0.39 is 11.6 Å². The molecule has 0 saturated heterocycles. The van der Waals surface area contributed by atoms with E-state index in [9.17, 15) is 8.78 Å². The maximum atomic E-state index is 13.0. The van der Waals surface area contributed by atoms with Crippen LogP contribution in [0.4, 0.5) is 8.78 Å². The average Bonchev–Trinajstić information content (AvgIpc) is 2.80. The molecule has 1 unspecified atom stereocenters. The molecule has 5 heteroatoms. The minimum Gasteiger partial charge on any atom is -0.489 e. The zero-order valence-electron chi connectivity index (χ0n) is 10.5. The molecule has 0 aliphatic rings. The molecular formula is C14H15F2NO2. The second kappa shape index (κ2) is 6.33. The molecule has 2 rings (SSSR count). The predicted octanol–water partition coefficient (Wildman–Crippen LogP) is 3.11. The Bertz CT molecular complexity index is 494. The lowest BCUT2D eigenvalue weighted by Crippen LogP contribution is -2.28. The first-order valence-corrected chi connectivity index (χ1v) is 5.99. The van der Waals surface area contributed by atoms with E-state index in [-0.39, 0.29) is 11.9 Å². The van der Waals surface area contributed by atoms with Crippen molar-refractivity contribution in [2.75, 3.05) is 6.54 Å². The highest BCUT2D eigenvalue weighted by Gasteiger charge is 2.07. The molecule has 19 heavy (non-hydrogen) atoms. The third-order valence-electron chi connectivity index (χ3n) is 2.48. The van der Waals surface area contributed by atoms with E-state index in [0.717, 1.165) is 24.0 Å². The number of rotatable bonds is 6. The Kier molecular flexibility index (Phi) is 4.52. The van der Waals surface area contributed by atoms with E-state index in [4.69, 9.17) is 9.15 Å². The Hall–Kier alpha value is -1.88. The molecule has 0 aliphatic carbocycles. The van der Waals surface area contributed by atoms with Crippen LogP contribution < -0.4 is 10.1 Å². The molecule has 3 nitrogen and oxygen atoms in total. The van der Waals surface area contributed by atoms with Gasteiger partial charge in [0, 0.05) is 24.7 Å². The van der Waals surface area contributed by atoms with Crippen LogP contribution in [0.3, 0.4) is 0 Å². The van der Waals surface area contributed by atoms with Gasteiger partial charge in [-0.25, -0.2) is 8.78 Å². The summed E-state index contributed by atoms with van der Waals surface area (Å²) in [5.41, 5.74) is 0. The monoisotopic (exact) mass is 267 g/mol. The van der Waals surface area contributed by atoms with Crippen molar-refractivity contribution in [1.82, 2.24) is 5.32 Å². The second-order valence-electron chi connectivity index (χ2n) is 4.24. The molecule has 0 amide bonds. The first kappa shape index (κ1) is 13.5. The first-order chi connectivity index (χ1) is 9.13. The summed E-state index contributed by atoms with van der Waals surface area (Å²) >= 11 is 0. The molecule has 1 aromatic carbocycles. The third-order valence-corrected chi connectivity index (χ3v) is 2.48. The summed E-state index contributed by atoms with van der Waals surface area (Å²) in [5, 5.41) is 3.13. The van der Waals surface area contributed by atoms with E-state index in [0.29, 0.717) is 13.1 Å². The number of hydrogen-bond acceptors (Lipinski definition) is 3. The molecule has 0 radical (unpaired) electrons. The highest BCUT2D eigenvalue weighted by atomic mass is 19.1. The molecule has 0 spiro atoms. The highest BCUT2D eigenvalue weighted by molar-refractivity contribution is 5.24. The van der Waals surface area contributed by atoms with E-state index in [1.807, 2.05) is 19.1 Å². The summed E-state index contributed by atoms with van der Waals surface area (Å²) in [7, 11) is 0. The number of benzene rings is 1. The smallest absolute Gasteiger partial charge is 0.129 e. The molecule has 1 heterocycles. The van der Waals surface area contributed by atoms with E-state index in [1.54, 1.807) is 6.26 Å². The van der Waals surface area contributed by atoms with Gasteiger partial charge >= 0.3 is 0 Å². The molecule has 102 valence electrons. The zero-order valence-corrected chi connectivity index (χ0v) is 10.5. The normalized spacial score (nSPS) is 12.4. The molecule has 1 aromatic heterocycles. The largest absolute Gasteiger partial charge is 0.489 e. The van der Waals surface area contributed by atoms with Crippen LogP contribution in [-0.2, 0) is 6.54 Å². The second-order valence-corrected chi connectivity index (χ2v) is 4.24. The fourth-order valence-corrected chi connectivity index (χ4v) is 1.68. The Balaban J connectivity index is 1.78. The van der Waals surface area contributed by atoms with Gasteiger partial charge in [-0.2, -0.15) is 0 Å². The number of furan rings is 1. The SMILES string of the molecule is CC(CNCc1ccco1)Oc1cc(F)cc(F)c1. The summed E-state index contributed by atoms with van der Waals surface area (Å²) in [4.78, 5) is 0. The first-order valence-electron chi connectivity index (χ1n) is 5.99. The average molecular weight is 267 g/mol. The van der Waals surface area contributed by atoms with Gasteiger partial charge in [-0.1, -0.05) is 0 Å². The van der Waals surface area contributed by atoms with Gasteiger partial charge < -0.3 is 14.5 Å². The molecule has 0 aliphatic heterocycles. The quantitative estimate of drug-likeness (QED) is 0.873. The van der Waals surface area contributed by atoms with Crippen LogP contribution >= 0.6 is 0 Å². The van der Waals surface area contributed by atoms with Gasteiger partial charge in [0.2, 0.25) is 0 Å². The summed E-state index contributed by atoms with van der Waals surface area (Å²) in [5.74, 6) is -0.287. The zero-order chi connectivity index (χ0) is 13.7. The maximum Gasteiger partial charge on any atom is 0.129 e. The summed E-state index contributed by atoms with van der Waals surface area (Å²) in [6.45, 7) is 2.94. The van der Waals surface area contributed by atoms with Crippen molar-refractivity contribution < 1.29 is 17.9 Å².